The van der Waals surface area contributed by atoms with E-state index in [9.17, 15) is 9.59 Å². The van der Waals surface area contributed by atoms with Crippen molar-refractivity contribution in [2.45, 2.75) is 50.4 Å². The summed E-state index contributed by atoms with van der Waals surface area (Å²) < 4.78 is 10.6. The molecule has 3 unspecified atom stereocenters. The summed E-state index contributed by atoms with van der Waals surface area (Å²) in [5.74, 6) is 1.76. The zero-order chi connectivity index (χ0) is 17.9. The molecule has 26 heavy (non-hydrogen) atoms. The number of urea groups is 1. The standard InChI is InChI=1S/C16H29N3O4S2.CH4/c20-14(17-5-6-22-7-8-23-9-10-24)4-2-1-3-13-15-12(11-25-13)18-16(21)19-15;/h12-13,15,24H,1-11H2,(H,17,20)(H2,18,19,21);1H4. The third-order valence-corrected chi connectivity index (χ3v) is 5.95. The number of thiol groups is 1. The SMILES string of the molecule is C.O=C(CCCCC1SCC2NC(=O)NC21)NCCOCCOCCS. The Kier molecular flexibility index (Phi) is 12.2. The van der Waals surface area contributed by atoms with Gasteiger partial charge in [0.15, 0.2) is 0 Å². The number of hydrogen-bond donors (Lipinski definition) is 4. The fraction of sp³-hybridized carbons (Fsp3) is 0.882. The van der Waals surface area contributed by atoms with Crippen LogP contribution in [0.3, 0.4) is 0 Å². The van der Waals surface area contributed by atoms with Crippen molar-refractivity contribution in [3.8, 4) is 0 Å². The third-order valence-electron chi connectivity index (χ3n) is 4.26. The van der Waals surface area contributed by atoms with E-state index >= 15 is 0 Å². The molecule has 152 valence electrons. The van der Waals surface area contributed by atoms with Gasteiger partial charge >= 0.3 is 6.03 Å². The summed E-state index contributed by atoms with van der Waals surface area (Å²) in [6.45, 7) is 2.77. The molecule has 0 aromatic heterocycles. The lowest BCUT2D eigenvalue weighted by atomic mass is 10.0. The van der Waals surface area contributed by atoms with E-state index < -0.39 is 0 Å². The van der Waals surface area contributed by atoms with E-state index in [-0.39, 0.29) is 31.4 Å². The molecule has 7 nitrogen and oxygen atoms in total. The summed E-state index contributed by atoms with van der Waals surface area (Å²) in [4.78, 5) is 23.1. The second-order valence-corrected chi connectivity index (χ2v) is 7.89. The van der Waals surface area contributed by atoms with Crippen molar-refractivity contribution >= 4 is 36.3 Å². The fourth-order valence-electron chi connectivity index (χ4n) is 3.01. The predicted octanol–water partition coefficient (Wildman–Crippen LogP) is 1.43. The summed E-state index contributed by atoms with van der Waals surface area (Å²) in [7, 11) is 0. The Morgan fingerprint density at radius 1 is 1.19 bits per heavy atom. The van der Waals surface area contributed by atoms with Gasteiger partial charge in [-0.2, -0.15) is 24.4 Å². The van der Waals surface area contributed by atoms with Crippen LogP contribution in [0.1, 0.15) is 33.1 Å². The summed E-state index contributed by atoms with van der Waals surface area (Å²) in [6.07, 6.45) is 3.46. The normalized spacial score (nSPS) is 23.7. The number of amides is 3. The van der Waals surface area contributed by atoms with Crippen molar-refractivity contribution in [3.63, 3.8) is 0 Å². The Balaban J connectivity index is 0.00000338. The molecule has 0 aromatic rings. The number of nitrogens with one attached hydrogen (secondary N) is 3. The second kappa shape index (κ2) is 13.5. The van der Waals surface area contributed by atoms with Gasteiger partial charge in [-0.05, 0) is 12.8 Å². The van der Waals surface area contributed by atoms with E-state index in [2.05, 4.69) is 28.6 Å². The minimum atomic E-state index is -0.0461. The van der Waals surface area contributed by atoms with Crippen LogP contribution in [-0.4, -0.2) is 73.7 Å². The highest BCUT2D eigenvalue weighted by Crippen LogP contribution is 2.33. The number of rotatable bonds is 13. The summed E-state index contributed by atoms with van der Waals surface area (Å²) in [5.41, 5.74) is 0. The molecular formula is C17H33N3O4S2. The zero-order valence-corrected chi connectivity index (χ0v) is 16.2. The lowest BCUT2D eigenvalue weighted by Gasteiger charge is -2.16. The number of carbonyl (C=O) groups is 2. The van der Waals surface area contributed by atoms with Gasteiger partial charge in [-0.3, -0.25) is 4.79 Å². The molecule has 2 aliphatic rings. The molecule has 0 aromatic carbocycles. The Hall–Kier alpha value is -0.640. The molecule has 3 amide bonds. The molecule has 3 atom stereocenters. The molecule has 0 aliphatic carbocycles. The Morgan fingerprint density at radius 2 is 1.96 bits per heavy atom. The lowest BCUT2D eigenvalue weighted by Crippen LogP contribution is -2.36. The second-order valence-electron chi connectivity index (χ2n) is 6.17. The van der Waals surface area contributed by atoms with Crippen LogP contribution < -0.4 is 16.0 Å². The first-order valence-corrected chi connectivity index (χ1v) is 10.6. The van der Waals surface area contributed by atoms with Crippen LogP contribution in [0.25, 0.3) is 0 Å². The molecule has 3 N–H and O–H groups in total. The van der Waals surface area contributed by atoms with Gasteiger partial charge in [0, 0.05) is 29.7 Å². The highest BCUT2D eigenvalue weighted by Gasteiger charge is 2.42. The number of hydrogen-bond acceptors (Lipinski definition) is 6. The van der Waals surface area contributed by atoms with Crippen LogP contribution in [0.4, 0.5) is 4.79 Å². The monoisotopic (exact) mass is 407 g/mol. The van der Waals surface area contributed by atoms with E-state index in [1.807, 2.05) is 11.8 Å². The van der Waals surface area contributed by atoms with Gasteiger partial charge in [-0.25, -0.2) is 4.79 Å². The molecule has 0 bridgehead atoms. The van der Waals surface area contributed by atoms with Gasteiger partial charge in [0.05, 0.1) is 38.5 Å². The van der Waals surface area contributed by atoms with E-state index in [0.29, 0.717) is 50.4 Å². The summed E-state index contributed by atoms with van der Waals surface area (Å²) in [5, 5.41) is 9.27. The van der Waals surface area contributed by atoms with Gasteiger partial charge in [0.1, 0.15) is 0 Å². The zero-order valence-electron chi connectivity index (χ0n) is 14.5. The molecule has 2 aliphatic heterocycles. The minimum absolute atomic E-state index is 0. The van der Waals surface area contributed by atoms with Crippen LogP contribution in [0.15, 0.2) is 0 Å². The lowest BCUT2D eigenvalue weighted by molar-refractivity contribution is -0.121. The van der Waals surface area contributed by atoms with E-state index in [0.717, 1.165) is 25.0 Å². The first kappa shape index (κ1) is 23.4. The van der Waals surface area contributed by atoms with Crippen LogP contribution >= 0.6 is 24.4 Å². The van der Waals surface area contributed by atoms with Crippen molar-refractivity contribution in [1.29, 1.82) is 0 Å². The average molecular weight is 408 g/mol. The van der Waals surface area contributed by atoms with Crippen molar-refractivity contribution < 1.29 is 19.1 Å². The average Bonchev–Trinajstić information content (AvgIpc) is 3.13. The van der Waals surface area contributed by atoms with Crippen molar-refractivity contribution in [3.05, 3.63) is 0 Å². The molecule has 2 fully saturated rings. The van der Waals surface area contributed by atoms with Gasteiger partial charge in [-0.1, -0.05) is 13.8 Å². The van der Waals surface area contributed by atoms with Gasteiger partial charge in [0.25, 0.3) is 0 Å². The first-order chi connectivity index (χ1) is 12.2. The summed E-state index contributed by atoms with van der Waals surface area (Å²) in [6, 6.07) is 0.476. The van der Waals surface area contributed by atoms with E-state index in [1.54, 1.807) is 0 Å². The quantitative estimate of drug-likeness (QED) is 0.211. The topological polar surface area (TPSA) is 88.7 Å². The maximum Gasteiger partial charge on any atom is 0.315 e. The van der Waals surface area contributed by atoms with E-state index in [4.69, 9.17) is 9.47 Å². The molecule has 0 radical (unpaired) electrons. The smallest absolute Gasteiger partial charge is 0.315 e. The van der Waals surface area contributed by atoms with Crippen molar-refractivity contribution in [2.75, 3.05) is 44.5 Å². The molecule has 2 heterocycles. The Morgan fingerprint density at radius 3 is 2.73 bits per heavy atom. The highest BCUT2D eigenvalue weighted by molar-refractivity contribution is 8.00. The van der Waals surface area contributed by atoms with Crippen LogP contribution in [-0.2, 0) is 14.3 Å². The molecular weight excluding hydrogens is 374 g/mol. The number of fused-ring (bicyclic) bond motifs is 1. The minimum Gasteiger partial charge on any atom is -0.378 e. The summed E-state index contributed by atoms with van der Waals surface area (Å²) >= 11 is 5.96. The van der Waals surface area contributed by atoms with Crippen molar-refractivity contribution in [1.82, 2.24) is 16.0 Å². The molecule has 9 heteroatoms. The van der Waals surface area contributed by atoms with Gasteiger partial charge in [-0.15, -0.1) is 0 Å². The molecule has 0 saturated carbocycles. The fourth-order valence-corrected chi connectivity index (χ4v) is 4.68. The number of carbonyl (C=O) groups excluding carboxylic acids is 2. The van der Waals surface area contributed by atoms with Crippen LogP contribution in [0.5, 0.6) is 0 Å². The molecule has 2 saturated heterocycles. The highest BCUT2D eigenvalue weighted by atomic mass is 32.2. The van der Waals surface area contributed by atoms with E-state index in [1.165, 1.54) is 0 Å². The predicted molar refractivity (Wildman–Crippen MR) is 109 cm³/mol. The van der Waals surface area contributed by atoms with Gasteiger partial charge in [0.2, 0.25) is 5.91 Å². The largest absolute Gasteiger partial charge is 0.378 e. The maximum absolute atomic E-state index is 11.8. The Bertz CT molecular complexity index is 429. The van der Waals surface area contributed by atoms with Crippen LogP contribution in [0.2, 0.25) is 0 Å². The number of thioether (sulfide) groups is 1. The molecule has 0 spiro atoms. The first-order valence-electron chi connectivity index (χ1n) is 8.92. The third kappa shape index (κ3) is 8.37. The number of unbranched alkanes of at least 4 members (excludes halogenated alkanes) is 1. The van der Waals surface area contributed by atoms with Crippen LogP contribution in [0, 0.1) is 0 Å². The Labute approximate surface area is 166 Å². The number of ether oxygens (including phenoxy) is 2. The maximum atomic E-state index is 11.8. The van der Waals surface area contributed by atoms with Gasteiger partial charge < -0.3 is 25.4 Å². The molecule has 2 rings (SSSR count). The van der Waals surface area contributed by atoms with Crippen molar-refractivity contribution in [2.24, 2.45) is 0 Å².